The van der Waals surface area contributed by atoms with Crippen molar-refractivity contribution < 1.29 is 9.18 Å². The van der Waals surface area contributed by atoms with Crippen molar-refractivity contribution in [3.63, 3.8) is 0 Å². The summed E-state index contributed by atoms with van der Waals surface area (Å²) in [4.78, 5) is 21.3. The number of carbonyl (C=O) groups is 1. The molecule has 0 spiro atoms. The Kier molecular flexibility index (Phi) is 3.89. The largest absolute Gasteiger partial charge is 0.321 e. The first-order chi connectivity index (χ1) is 12.6. The lowest BCUT2D eigenvalue weighted by Crippen LogP contribution is -2.13. The van der Waals surface area contributed by atoms with Gasteiger partial charge in [-0.3, -0.25) is 14.5 Å². The van der Waals surface area contributed by atoms with Gasteiger partial charge < -0.3 is 5.32 Å². The molecule has 0 aliphatic carbocycles. The molecule has 3 heterocycles. The maximum atomic E-state index is 14.2. The fraction of sp³-hybridized carbons (Fsp3) is 0.0526. The van der Waals surface area contributed by atoms with Crippen LogP contribution in [0.4, 0.5) is 10.1 Å². The molecule has 26 heavy (non-hydrogen) atoms. The summed E-state index contributed by atoms with van der Waals surface area (Å²) in [7, 11) is 1.73. The number of aryl methyl sites for hydroxylation is 1. The van der Waals surface area contributed by atoms with Crippen molar-refractivity contribution >= 4 is 22.6 Å². The second kappa shape index (κ2) is 6.36. The van der Waals surface area contributed by atoms with Crippen LogP contribution in [0.2, 0.25) is 0 Å². The van der Waals surface area contributed by atoms with Gasteiger partial charge in [0.1, 0.15) is 5.82 Å². The fourth-order valence-corrected chi connectivity index (χ4v) is 2.74. The zero-order valence-corrected chi connectivity index (χ0v) is 13.8. The van der Waals surface area contributed by atoms with E-state index in [1.807, 2.05) is 0 Å². The summed E-state index contributed by atoms with van der Waals surface area (Å²) in [5.41, 5.74) is 2.13. The molecular weight excluding hydrogens is 333 g/mol. The van der Waals surface area contributed by atoms with E-state index >= 15 is 0 Å². The summed E-state index contributed by atoms with van der Waals surface area (Å²) in [5, 5.41) is 7.56. The highest BCUT2D eigenvalue weighted by Crippen LogP contribution is 2.27. The first-order valence-corrected chi connectivity index (χ1v) is 7.92. The van der Waals surface area contributed by atoms with E-state index in [9.17, 15) is 9.18 Å². The Morgan fingerprint density at radius 3 is 2.77 bits per heavy atom. The summed E-state index contributed by atoms with van der Waals surface area (Å²) < 4.78 is 15.8. The molecule has 1 aromatic carbocycles. The van der Waals surface area contributed by atoms with Crippen LogP contribution in [0.1, 0.15) is 10.4 Å². The van der Waals surface area contributed by atoms with Crippen molar-refractivity contribution in [2.75, 3.05) is 5.32 Å². The third-order valence-electron chi connectivity index (χ3n) is 4.02. The third-order valence-corrected chi connectivity index (χ3v) is 4.02. The fourth-order valence-electron chi connectivity index (χ4n) is 2.74. The van der Waals surface area contributed by atoms with Crippen molar-refractivity contribution in [2.24, 2.45) is 7.05 Å². The van der Waals surface area contributed by atoms with E-state index in [1.165, 1.54) is 6.07 Å². The van der Waals surface area contributed by atoms with Crippen LogP contribution >= 0.6 is 0 Å². The molecule has 0 saturated heterocycles. The molecule has 0 bridgehead atoms. The quantitative estimate of drug-likeness (QED) is 0.616. The van der Waals surface area contributed by atoms with Gasteiger partial charge >= 0.3 is 0 Å². The number of anilines is 1. The maximum Gasteiger partial charge on any atom is 0.256 e. The van der Waals surface area contributed by atoms with Crippen molar-refractivity contribution in [1.29, 1.82) is 0 Å². The minimum atomic E-state index is -0.403. The van der Waals surface area contributed by atoms with Gasteiger partial charge in [-0.15, -0.1) is 0 Å². The molecule has 1 amide bonds. The molecule has 6 nitrogen and oxygen atoms in total. The highest BCUT2D eigenvalue weighted by atomic mass is 19.1. The van der Waals surface area contributed by atoms with Gasteiger partial charge in [-0.05, 0) is 30.3 Å². The Morgan fingerprint density at radius 2 is 2.00 bits per heavy atom. The van der Waals surface area contributed by atoms with E-state index in [0.717, 1.165) is 0 Å². The first-order valence-electron chi connectivity index (χ1n) is 7.92. The average molecular weight is 347 g/mol. The van der Waals surface area contributed by atoms with Crippen molar-refractivity contribution in [2.45, 2.75) is 0 Å². The Morgan fingerprint density at radius 1 is 1.15 bits per heavy atom. The molecule has 0 atom stereocenters. The predicted octanol–water partition coefficient (Wildman–Crippen LogP) is 3.42. The SMILES string of the molecule is Cn1ncc2c(C(=O)Nc3cccnc3)cc(-c3ccccc3F)nc21. The third kappa shape index (κ3) is 2.79. The van der Waals surface area contributed by atoms with Crippen molar-refractivity contribution in [1.82, 2.24) is 19.7 Å². The van der Waals surface area contributed by atoms with E-state index in [-0.39, 0.29) is 5.91 Å². The minimum absolute atomic E-state index is 0.325. The molecule has 0 saturated carbocycles. The zero-order valence-electron chi connectivity index (χ0n) is 13.8. The number of nitrogens with zero attached hydrogens (tertiary/aromatic N) is 4. The van der Waals surface area contributed by atoms with Crippen LogP contribution in [-0.2, 0) is 7.05 Å². The van der Waals surface area contributed by atoms with E-state index in [2.05, 4.69) is 20.4 Å². The zero-order chi connectivity index (χ0) is 18.1. The number of fused-ring (bicyclic) bond motifs is 1. The Bertz CT molecular complexity index is 1110. The van der Waals surface area contributed by atoms with Crippen LogP contribution in [0.3, 0.4) is 0 Å². The Balaban J connectivity index is 1.86. The number of hydrogen-bond donors (Lipinski definition) is 1. The summed E-state index contributed by atoms with van der Waals surface area (Å²) in [5.74, 6) is -0.740. The van der Waals surface area contributed by atoms with Gasteiger partial charge in [0.15, 0.2) is 5.65 Å². The van der Waals surface area contributed by atoms with Crippen LogP contribution < -0.4 is 5.32 Å². The first kappa shape index (κ1) is 15.9. The Hall–Kier alpha value is -3.61. The van der Waals surface area contributed by atoms with Crippen molar-refractivity contribution in [3.8, 4) is 11.3 Å². The van der Waals surface area contributed by atoms with Crippen LogP contribution in [0, 0.1) is 5.82 Å². The predicted molar refractivity (Wildman–Crippen MR) is 96.1 cm³/mol. The summed E-state index contributed by atoms with van der Waals surface area (Å²) in [6.07, 6.45) is 4.75. The van der Waals surface area contributed by atoms with Gasteiger partial charge in [0.05, 0.1) is 34.7 Å². The van der Waals surface area contributed by atoms with Gasteiger partial charge in [0.2, 0.25) is 0 Å². The summed E-state index contributed by atoms with van der Waals surface area (Å²) >= 11 is 0. The minimum Gasteiger partial charge on any atom is -0.321 e. The monoisotopic (exact) mass is 347 g/mol. The molecule has 0 fully saturated rings. The van der Waals surface area contributed by atoms with Gasteiger partial charge in [0, 0.05) is 18.8 Å². The number of carbonyl (C=O) groups excluding carboxylic acids is 1. The molecular formula is C19H14FN5O. The summed E-state index contributed by atoms with van der Waals surface area (Å²) in [6.45, 7) is 0. The van der Waals surface area contributed by atoms with Gasteiger partial charge in [-0.2, -0.15) is 5.10 Å². The van der Waals surface area contributed by atoms with Gasteiger partial charge in [-0.1, -0.05) is 12.1 Å². The lowest BCUT2D eigenvalue weighted by atomic mass is 10.1. The molecule has 0 radical (unpaired) electrons. The molecule has 7 heteroatoms. The number of amides is 1. The normalized spacial score (nSPS) is 10.8. The molecule has 0 unspecified atom stereocenters. The Labute approximate surface area is 148 Å². The molecule has 4 aromatic rings. The van der Waals surface area contributed by atoms with Gasteiger partial charge in [0.25, 0.3) is 5.91 Å². The second-order valence-electron chi connectivity index (χ2n) is 5.74. The number of aromatic nitrogens is 4. The molecule has 4 rings (SSSR count). The second-order valence-corrected chi connectivity index (χ2v) is 5.74. The standard InChI is InChI=1S/C19H14FN5O/c1-25-18-15(11-22-25)14(19(26)23-12-5-4-8-21-10-12)9-17(24-18)13-6-2-3-7-16(13)20/h2-11H,1H3,(H,23,26). The lowest BCUT2D eigenvalue weighted by Gasteiger charge is -2.09. The molecule has 3 aromatic heterocycles. The molecule has 128 valence electrons. The van der Waals surface area contributed by atoms with Gasteiger partial charge in [-0.25, -0.2) is 9.37 Å². The highest BCUT2D eigenvalue weighted by Gasteiger charge is 2.18. The van der Waals surface area contributed by atoms with E-state index < -0.39 is 5.82 Å². The topological polar surface area (TPSA) is 72.7 Å². The number of pyridine rings is 2. The van der Waals surface area contributed by atoms with Crippen molar-refractivity contribution in [3.05, 3.63) is 72.4 Å². The maximum absolute atomic E-state index is 14.2. The molecule has 1 N–H and O–H groups in total. The average Bonchev–Trinajstić information content (AvgIpc) is 3.03. The van der Waals surface area contributed by atoms with E-state index in [4.69, 9.17) is 0 Å². The van der Waals surface area contributed by atoms with E-state index in [1.54, 1.807) is 66.7 Å². The smallest absolute Gasteiger partial charge is 0.256 e. The van der Waals surface area contributed by atoms with Crippen LogP contribution in [0.15, 0.2) is 61.1 Å². The summed E-state index contributed by atoms with van der Waals surface area (Å²) in [6, 6.07) is 11.4. The number of nitrogens with one attached hydrogen (secondary N) is 1. The number of hydrogen-bond acceptors (Lipinski definition) is 4. The lowest BCUT2D eigenvalue weighted by molar-refractivity contribution is 0.102. The van der Waals surface area contributed by atoms with E-state index in [0.29, 0.717) is 33.5 Å². The van der Waals surface area contributed by atoms with Crippen LogP contribution in [0.5, 0.6) is 0 Å². The number of benzene rings is 1. The number of rotatable bonds is 3. The highest BCUT2D eigenvalue weighted by molar-refractivity contribution is 6.12. The molecule has 0 aliphatic heterocycles. The van der Waals surface area contributed by atoms with Crippen LogP contribution in [0.25, 0.3) is 22.3 Å². The van der Waals surface area contributed by atoms with Crippen LogP contribution in [-0.4, -0.2) is 25.7 Å². The molecule has 0 aliphatic rings. The number of halogens is 1.